The molecule has 0 fully saturated rings. The minimum atomic E-state index is 0.228. The summed E-state index contributed by atoms with van der Waals surface area (Å²) in [7, 11) is 8.66. The van der Waals surface area contributed by atoms with Crippen molar-refractivity contribution in [3.63, 3.8) is 0 Å². The Bertz CT molecular complexity index is 2280. The Morgan fingerprint density at radius 2 is 0.625 bits per heavy atom. The maximum absolute atomic E-state index is 5.53. The smallest absolute Gasteiger partial charge is 0.0752 e. The molecule has 282 valence electrons. The standard InChI is InChI=1S/C48H50N8/c1-29-13-9-17-41(53(29)5)45-33-21-23-35(49-33)46(42-18-10-14-30(2)54(42)6)37-25-27-39(51-37)48(44-20-12-16-32(4)56(44)8)40-28-26-38(52-40)47(36-24-22-34(45)50-36)43-19-11-15-31(3)55(43)7/h9-32,49,52H,1-8H3. The fourth-order valence-corrected chi connectivity index (χ4v) is 8.42. The molecule has 0 radical (unpaired) electrons. The number of likely N-dealkylation sites (N-methyl/N-ethyl adjacent to an activating group) is 4. The van der Waals surface area contributed by atoms with E-state index in [1.54, 1.807) is 0 Å². The van der Waals surface area contributed by atoms with E-state index in [-0.39, 0.29) is 24.2 Å². The van der Waals surface area contributed by atoms with Gasteiger partial charge < -0.3 is 29.6 Å². The highest BCUT2D eigenvalue weighted by molar-refractivity contribution is 5.96. The number of H-pyrrole nitrogens is 2. The molecule has 0 aliphatic carbocycles. The van der Waals surface area contributed by atoms with Crippen LogP contribution < -0.4 is 0 Å². The topological polar surface area (TPSA) is 70.3 Å². The highest BCUT2D eigenvalue weighted by atomic mass is 15.2. The largest absolute Gasteiger partial charge is 0.368 e. The second kappa shape index (κ2) is 13.8. The van der Waals surface area contributed by atoms with E-state index in [4.69, 9.17) is 9.97 Å². The number of aromatic nitrogens is 4. The lowest BCUT2D eigenvalue weighted by Crippen LogP contribution is -2.28. The normalized spacial score (nSPS) is 22.9. The van der Waals surface area contributed by atoms with Gasteiger partial charge in [-0.15, -0.1) is 0 Å². The first-order valence-corrected chi connectivity index (χ1v) is 19.7. The molecule has 0 amide bonds. The van der Waals surface area contributed by atoms with E-state index in [0.29, 0.717) is 0 Å². The van der Waals surface area contributed by atoms with Crippen molar-refractivity contribution < 1.29 is 0 Å². The average molecular weight is 739 g/mol. The SMILES string of the molecule is CC1C=CC=C(c2c3nc(c(C4=CC=CC(C)N4C)c4ccc([nH]4)c(C4=CC=CC(C)N4C)c4nc(c(C5=CC=CC(C)N5C)c5ccc2[nH]5)C=C4)C=C3)N1C. The van der Waals surface area contributed by atoms with Gasteiger partial charge in [-0.1, -0.05) is 48.6 Å². The van der Waals surface area contributed by atoms with Crippen molar-refractivity contribution in [2.45, 2.75) is 51.9 Å². The summed E-state index contributed by atoms with van der Waals surface area (Å²) in [5.74, 6) is 0. The molecule has 3 aromatic heterocycles. The van der Waals surface area contributed by atoms with Crippen LogP contribution in [0, 0.1) is 0 Å². The Morgan fingerprint density at radius 1 is 0.393 bits per heavy atom. The lowest BCUT2D eigenvalue weighted by Gasteiger charge is -2.31. The summed E-state index contributed by atoms with van der Waals surface area (Å²) in [4.78, 5) is 28.2. The predicted molar refractivity (Wildman–Crippen MR) is 236 cm³/mol. The maximum atomic E-state index is 5.53. The van der Waals surface area contributed by atoms with Gasteiger partial charge in [-0.3, -0.25) is 0 Å². The van der Waals surface area contributed by atoms with Crippen molar-refractivity contribution >= 4 is 69.2 Å². The van der Waals surface area contributed by atoms with Gasteiger partial charge in [0.1, 0.15) is 0 Å². The summed E-state index contributed by atoms with van der Waals surface area (Å²) in [5, 5.41) is 0. The number of hydrogen-bond acceptors (Lipinski definition) is 6. The van der Waals surface area contributed by atoms with Gasteiger partial charge >= 0.3 is 0 Å². The van der Waals surface area contributed by atoms with E-state index in [2.05, 4.69) is 207 Å². The predicted octanol–water partition coefficient (Wildman–Crippen LogP) is 9.58. The molecule has 8 bridgehead atoms. The zero-order valence-corrected chi connectivity index (χ0v) is 33.5. The summed E-state index contributed by atoms with van der Waals surface area (Å²) in [5.41, 5.74) is 16.3. The first-order valence-electron chi connectivity index (χ1n) is 19.7. The first-order chi connectivity index (χ1) is 27.1. The Labute approximate surface area is 330 Å². The van der Waals surface area contributed by atoms with E-state index in [1.807, 2.05) is 0 Å². The quantitative estimate of drug-likeness (QED) is 0.192. The summed E-state index contributed by atoms with van der Waals surface area (Å²) in [6.45, 7) is 8.91. The highest BCUT2D eigenvalue weighted by Gasteiger charge is 2.27. The number of fused-ring (bicyclic) bond motifs is 8. The van der Waals surface area contributed by atoms with Crippen LogP contribution in [0.1, 0.15) is 72.7 Å². The fourth-order valence-electron chi connectivity index (χ4n) is 8.42. The summed E-state index contributed by atoms with van der Waals surface area (Å²) < 4.78 is 0. The van der Waals surface area contributed by atoms with E-state index < -0.39 is 0 Å². The molecule has 56 heavy (non-hydrogen) atoms. The Balaban J connectivity index is 1.46. The van der Waals surface area contributed by atoms with Gasteiger partial charge in [-0.2, -0.15) is 0 Å². The van der Waals surface area contributed by atoms with Crippen LogP contribution in [0.25, 0.3) is 69.2 Å². The van der Waals surface area contributed by atoms with Gasteiger partial charge in [0.2, 0.25) is 0 Å². The first kappa shape index (κ1) is 35.4. The van der Waals surface area contributed by atoms with Gasteiger partial charge in [0.25, 0.3) is 0 Å². The Hall–Kier alpha value is -6.28. The summed E-state index contributed by atoms with van der Waals surface area (Å²) in [6.07, 6.45) is 35.1. The van der Waals surface area contributed by atoms with Crippen LogP contribution in [0.3, 0.4) is 0 Å². The molecule has 8 heteroatoms. The molecular weight excluding hydrogens is 689 g/mol. The zero-order valence-electron chi connectivity index (χ0n) is 33.5. The van der Waals surface area contributed by atoms with Gasteiger partial charge in [-0.05, 0) is 101 Å². The maximum Gasteiger partial charge on any atom is 0.0752 e. The molecule has 2 N–H and O–H groups in total. The van der Waals surface area contributed by atoms with Crippen molar-refractivity contribution in [2.75, 3.05) is 28.2 Å². The highest BCUT2D eigenvalue weighted by Crippen LogP contribution is 2.39. The van der Waals surface area contributed by atoms with Crippen molar-refractivity contribution in [1.29, 1.82) is 0 Å². The summed E-state index contributed by atoms with van der Waals surface area (Å²) in [6, 6.07) is 9.74. The van der Waals surface area contributed by atoms with E-state index in [1.165, 1.54) is 0 Å². The molecule has 4 unspecified atom stereocenters. The van der Waals surface area contributed by atoms with Crippen LogP contribution in [0.4, 0.5) is 0 Å². The number of nitrogens with one attached hydrogen (secondary N) is 2. The second-order valence-corrected chi connectivity index (χ2v) is 15.7. The third kappa shape index (κ3) is 5.83. The van der Waals surface area contributed by atoms with Crippen LogP contribution in [0.5, 0.6) is 0 Å². The van der Waals surface area contributed by atoms with Gasteiger partial charge in [0, 0.05) is 97.4 Å². The monoisotopic (exact) mass is 738 g/mol. The van der Waals surface area contributed by atoms with Crippen molar-refractivity contribution in [3.05, 3.63) is 142 Å². The van der Waals surface area contributed by atoms with Gasteiger partial charge in [0.05, 0.1) is 44.8 Å². The molecular formula is C48H50N8. The number of rotatable bonds is 4. The van der Waals surface area contributed by atoms with Gasteiger partial charge in [0.15, 0.2) is 0 Å². The molecule has 0 saturated carbocycles. The van der Waals surface area contributed by atoms with Crippen LogP contribution in [-0.2, 0) is 0 Å². The number of allylic oxidation sites excluding steroid dienone is 8. The second-order valence-electron chi connectivity index (χ2n) is 15.7. The average Bonchev–Trinajstić information content (AvgIpc) is 4.03. The molecule has 6 aliphatic rings. The molecule has 4 atom stereocenters. The third-order valence-corrected chi connectivity index (χ3v) is 12.3. The molecule has 0 aromatic carbocycles. The molecule has 8 nitrogen and oxygen atoms in total. The number of nitrogens with zero attached hydrogens (tertiary/aromatic N) is 6. The fraction of sp³-hybridized carbons (Fsp3) is 0.250. The molecule has 3 aromatic rings. The lowest BCUT2D eigenvalue weighted by atomic mass is 10.0. The molecule has 9 rings (SSSR count). The van der Waals surface area contributed by atoms with Crippen LogP contribution in [0.15, 0.2) is 97.2 Å². The van der Waals surface area contributed by atoms with E-state index in [0.717, 1.165) is 89.9 Å². The number of aromatic amines is 2. The van der Waals surface area contributed by atoms with Gasteiger partial charge in [-0.25, -0.2) is 9.97 Å². The molecule has 6 aliphatic heterocycles. The number of hydrogen-bond donors (Lipinski definition) is 2. The van der Waals surface area contributed by atoms with Crippen LogP contribution in [-0.4, -0.2) is 91.9 Å². The van der Waals surface area contributed by atoms with Crippen LogP contribution in [0.2, 0.25) is 0 Å². The van der Waals surface area contributed by atoms with Crippen molar-refractivity contribution in [2.24, 2.45) is 0 Å². The minimum absolute atomic E-state index is 0.228. The molecule has 0 saturated heterocycles. The molecule has 9 heterocycles. The summed E-state index contributed by atoms with van der Waals surface area (Å²) >= 11 is 0. The van der Waals surface area contributed by atoms with E-state index in [9.17, 15) is 0 Å². The van der Waals surface area contributed by atoms with Crippen molar-refractivity contribution in [1.82, 2.24) is 39.5 Å². The molecule has 0 spiro atoms. The Morgan fingerprint density at radius 3 is 0.857 bits per heavy atom. The van der Waals surface area contributed by atoms with Crippen LogP contribution >= 0.6 is 0 Å². The zero-order chi connectivity index (χ0) is 38.8. The lowest BCUT2D eigenvalue weighted by molar-refractivity contribution is 0.425. The van der Waals surface area contributed by atoms with Crippen molar-refractivity contribution in [3.8, 4) is 0 Å². The third-order valence-electron chi connectivity index (χ3n) is 12.3. The minimum Gasteiger partial charge on any atom is -0.368 e. The van der Waals surface area contributed by atoms with E-state index >= 15 is 0 Å². The Kier molecular flexibility index (Phi) is 8.72.